The Bertz CT molecular complexity index is 951. The molecule has 1 heterocycles. The van der Waals surface area contributed by atoms with Gasteiger partial charge in [-0.2, -0.15) is 5.26 Å². The number of aromatic nitrogens is 1. The highest BCUT2D eigenvalue weighted by molar-refractivity contribution is 7.11. The zero-order valence-electron chi connectivity index (χ0n) is 13.6. The van der Waals surface area contributed by atoms with Crippen LogP contribution in [0.4, 0.5) is 0 Å². The van der Waals surface area contributed by atoms with Gasteiger partial charge in [-0.15, -0.1) is 11.3 Å². The van der Waals surface area contributed by atoms with Crippen LogP contribution >= 0.6 is 11.3 Å². The van der Waals surface area contributed by atoms with E-state index in [0.29, 0.717) is 16.1 Å². The molecular formula is C20H15N3OS. The molecular weight excluding hydrogens is 330 g/mol. The molecule has 0 unspecified atom stereocenters. The maximum Gasteiger partial charge on any atom is 0.251 e. The Labute approximate surface area is 150 Å². The summed E-state index contributed by atoms with van der Waals surface area (Å²) < 4.78 is 0. The molecule has 1 aromatic heterocycles. The number of carbonyl (C=O) groups excluding carboxylic acids is 1. The van der Waals surface area contributed by atoms with Crippen LogP contribution in [0.15, 0.2) is 60.0 Å². The Hall–Kier alpha value is -3.23. The van der Waals surface area contributed by atoms with E-state index < -0.39 is 0 Å². The summed E-state index contributed by atoms with van der Waals surface area (Å²) in [6.07, 6.45) is 1.78. The molecule has 0 bridgehead atoms. The lowest BCUT2D eigenvalue weighted by atomic mass is 10.1. The largest absolute Gasteiger partial charge is 0.355 e. The molecule has 1 N–H and O–H groups in total. The van der Waals surface area contributed by atoms with Gasteiger partial charge in [-0.25, -0.2) is 4.98 Å². The number of benzene rings is 2. The van der Waals surface area contributed by atoms with Crippen molar-refractivity contribution >= 4 is 28.9 Å². The van der Waals surface area contributed by atoms with E-state index in [4.69, 9.17) is 0 Å². The number of allylic oxidation sites excluding steroid dienone is 1. The highest BCUT2D eigenvalue weighted by Crippen LogP contribution is 2.27. The number of hydrogen-bond acceptors (Lipinski definition) is 4. The molecule has 0 aliphatic heterocycles. The zero-order valence-corrected chi connectivity index (χ0v) is 14.4. The molecule has 0 radical (unpaired) electrons. The van der Waals surface area contributed by atoms with Crippen LogP contribution in [-0.4, -0.2) is 17.9 Å². The number of nitrogens with zero attached hydrogens (tertiary/aromatic N) is 2. The lowest BCUT2D eigenvalue weighted by Crippen LogP contribution is -2.17. The fourth-order valence-electron chi connectivity index (χ4n) is 2.32. The Morgan fingerprint density at radius 2 is 1.88 bits per heavy atom. The molecule has 25 heavy (non-hydrogen) atoms. The number of thiazole rings is 1. The first kappa shape index (κ1) is 16.6. The minimum atomic E-state index is -0.136. The van der Waals surface area contributed by atoms with E-state index in [-0.39, 0.29) is 5.91 Å². The Balaban J connectivity index is 1.88. The normalized spacial score (nSPS) is 11.0. The number of carbonyl (C=O) groups is 1. The molecule has 1 amide bonds. The van der Waals surface area contributed by atoms with Crippen LogP contribution in [0.25, 0.3) is 22.9 Å². The standard InChI is InChI=1S/C20H15N3OS/c1-22-19(24)16-9-7-14(8-10-16)11-17(12-21)20-23-18(13-25-20)15-5-3-2-4-6-15/h2-11,13H,1H3,(H,22,24)/b17-11+. The lowest BCUT2D eigenvalue weighted by Gasteiger charge is -2.00. The van der Waals surface area contributed by atoms with Crippen molar-refractivity contribution in [1.29, 1.82) is 5.26 Å². The SMILES string of the molecule is CNC(=O)c1ccc(/C=C(\C#N)c2nc(-c3ccccc3)cs2)cc1. The van der Waals surface area contributed by atoms with Crippen LogP contribution in [-0.2, 0) is 0 Å². The molecule has 3 rings (SSSR count). The van der Waals surface area contributed by atoms with Crippen LogP contribution in [0.5, 0.6) is 0 Å². The molecule has 4 nitrogen and oxygen atoms in total. The summed E-state index contributed by atoms with van der Waals surface area (Å²) in [6, 6.07) is 19.2. The van der Waals surface area contributed by atoms with Gasteiger partial charge in [0, 0.05) is 23.6 Å². The summed E-state index contributed by atoms with van der Waals surface area (Å²) in [5, 5.41) is 14.7. The number of nitrogens with one attached hydrogen (secondary N) is 1. The molecule has 0 saturated carbocycles. The quantitative estimate of drug-likeness (QED) is 0.720. The van der Waals surface area contributed by atoms with Crippen molar-refractivity contribution in [2.24, 2.45) is 0 Å². The first-order chi connectivity index (χ1) is 12.2. The second kappa shape index (κ2) is 7.56. The fourth-order valence-corrected chi connectivity index (χ4v) is 3.12. The molecule has 2 aromatic carbocycles. The van der Waals surface area contributed by atoms with E-state index in [1.54, 1.807) is 25.3 Å². The summed E-state index contributed by atoms with van der Waals surface area (Å²) >= 11 is 1.44. The summed E-state index contributed by atoms with van der Waals surface area (Å²) in [4.78, 5) is 16.1. The van der Waals surface area contributed by atoms with Crippen molar-refractivity contribution in [2.45, 2.75) is 0 Å². The van der Waals surface area contributed by atoms with Gasteiger partial charge in [-0.05, 0) is 23.8 Å². The van der Waals surface area contributed by atoms with Gasteiger partial charge in [0.25, 0.3) is 5.91 Å². The van der Waals surface area contributed by atoms with E-state index in [0.717, 1.165) is 16.8 Å². The molecule has 0 fully saturated rings. The lowest BCUT2D eigenvalue weighted by molar-refractivity contribution is 0.0963. The molecule has 5 heteroatoms. The average molecular weight is 345 g/mol. The first-order valence-corrected chi connectivity index (χ1v) is 8.54. The van der Waals surface area contributed by atoms with Gasteiger partial charge >= 0.3 is 0 Å². The van der Waals surface area contributed by atoms with Gasteiger partial charge < -0.3 is 5.32 Å². The van der Waals surface area contributed by atoms with Crippen LogP contribution in [0.2, 0.25) is 0 Å². The second-order valence-electron chi connectivity index (χ2n) is 5.27. The number of hydrogen-bond donors (Lipinski definition) is 1. The Morgan fingerprint density at radius 1 is 1.16 bits per heavy atom. The third kappa shape index (κ3) is 3.82. The van der Waals surface area contributed by atoms with Crippen LogP contribution in [0, 0.1) is 11.3 Å². The van der Waals surface area contributed by atoms with E-state index >= 15 is 0 Å². The van der Waals surface area contributed by atoms with Crippen LogP contribution in [0.3, 0.4) is 0 Å². The fraction of sp³-hybridized carbons (Fsp3) is 0.0500. The van der Waals surface area contributed by atoms with E-state index in [2.05, 4.69) is 16.4 Å². The van der Waals surface area contributed by atoms with Gasteiger partial charge in [0.1, 0.15) is 11.1 Å². The third-order valence-electron chi connectivity index (χ3n) is 3.64. The molecule has 0 saturated heterocycles. The highest BCUT2D eigenvalue weighted by atomic mass is 32.1. The Morgan fingerprint density at radius 3 is 2.52 bits per heavy atom. The van der Waals surface area contributed by atoms with E-state index in [1.165, 1.54) is 11.3 Å². The smallest absolute Gasteiger partial charge is 0.251 e. The average Bonchev–Trinajstić information content (AvgIpc) is 3.16. The molecule has 0 atom stereocenters. The van der Waals surface area contributed by atoms with E-state index in [9.17, 15) is 10.1 Å². The van der Waals surface area contributed by atoms with Crippen molar-refractivity contribution < 1.29 is 4.79 Å². The predicted octanol–water partition coefficient (Wildman–Crippen LogP) is 4.23. The Kier molecular flexibility index (Phi) is 5.03. The molecule has 0 aliphatic rings. The van der Waals surface area contributed by atoms with Crippen molar-refractivity contribution in [3.05, 3.63) is 76.1 Å². The number of amides is 1. The summed E-state index contributed by atoms with van der Waals surface area (Å²) in [7, 11) is 1.59. The maximum absolute atomic E-state index is 11.6. The summed E-state index contributed by atoms with van der Waals surface area (Å²) in [5.41, 5.74) is 3.81. The van der Waals surface area contributed by atoms with Crippen molar-refractivity contribution in [3.63, 3.8) is 0 Å². The van der Waals surface area contributed by atoms with Gasteiger partial charge in [-0.3, -0.25) is 4.79 Å². The number of nitriles is 1. The van der Waals surface area contributed by atoms with Crippen LogP contribution < -0.4 is 5.32 Å². The predicted molar refractivity (Wildman–Crippen MR) is 101 cm³/mol. The van der Waals surface area contributed by atoms with Crippen LogP contribution in [0.1, 0.15) is 20.9 Å². The minimum Gasteiger partial charge on any atom is -0.355 e. The zero-order chi connectivity index (χ0) is 17.6. The van der Waals surface area contributed by atoms with E-state index in [1.807, 2.05) is 47.8 Å². The number of rotatable bonds is 4. The van der Waals surface area contributed by atoms with Gasteiger partial charge in [0.2, 0.25) is 0 Å². The van der Waals surface area contributed by atoms with Crippen molar-refractivity contribution in [1.82, 2.24) is 10.3 Å². The topological polar surface area (TPSA) is 65.8 Å². The monoisotopic (exact) mass is 345 g/mol. The maximum atomic E-state index is 11.6. The highest BCUT2D eigenvalue weighted by Gasteiger charge is 2.09. The molecule has 3 aromatic rings. The second-order valence-corrected chi connectivity index (χ2v) is 6.13. The first-order valence-electron chi connectivity index (χ1n) is 7.66. The molecule has 0 aliphatic carbocycles. The van der Waals surface area contributed by atoms with Crippen molar-refractivity contribution in [3.8, 4) is 17.3 Å². The summed E-state index contributed by atoms with van der Waals surface area (Å²) in [6.45, 7) is 0. The third-order valence-corrected chi connectivity index (χ3v) is 4.51. The van der Waals surface area contributed by atoms with Gasteiger partial charge in [-0.1, -0.05) is 42.5 Å². The minimum absolute atomic E-state index is 0.136. The van der Waals surface area contributed by atoms with Gasteiger partial charge in [0.15, 0.2) is 0 Å². The molecule has 0 spiro atoms. The van der Waals surface area contributed by atoms with Gasteiger partial charge in [0.05, 0.1) is 11.3 Å². The summed E-state index contributed by atoms with van der Waals surface area (Å²) in [5.74, 6) is -0.136. The molecule has 122 valence electrons. The van der Waals surface area contributed by atoms with Crippen molar-refractivity contribution in [2.75, 3.05) is 7.05 Å².